The summed E-state index contributed by atoms with van der Waals surface area (Å²) in [5, 5.41) is 5.51. The van der Waals surface area contributed by atoms with Crippen LogP contribution < -0.4 is 0 Å². The highest BCUT2D eigenvalue weighted by Gasteiger charge is 2.15. The van der Waals surface area contributed by atoms with Crippen molar-refractivity contribution in [3.8, 4) is 0 Å². The molecule has 2 heteroatoms. The fraction of sp³-hybridized carbons (Fsp3) is 0.182. The van der Waals surface area contributed by atoms with Crippen LogP contribution in [0.15, 0.2) is 54.6 Å². The standard InChI is InChI=1S/C22H19NS/c1-13(2)14-8-10-18-17(12-14)15-9-11-20-21(22(15)23(18)3)16-6-4-5-7-19(16)24-20/h4-13H,1-3H3. The zero-order valence-electron chi connectivity index (χ0n) is 14.1. The van der Waals surface area contributed by atoms with E-state index in [2.05, 4.69) is 80.1 Å². The second-order valence-corrected chi connectivity index (χ2v) is 8.01. The highest BCUT2D eigenvalue weighted by molar-refractivity contribution is 7.26. The second-order valence-electron chi connectivity index (χ2n) is 6.92. The monoisotopic (exact) mass is 329 g/mol. The van der Waals surface area contributed by atoms with E-state index >= 15 is 0 Å². The molecule has 3 aromatic carbocycles. The number of thiophene rings is 1. The maximum absolute atomic E-state index is 2.38. The summed E-state index contributed by atoms with van der Waals surface area (Å²) < 4.78 is 5.11. The number of nitrogens with zero attached hydrogens (tertiary/aromatic N) is 1. The van der Waals surface area contributed by atoms with Crippen LogP contribution in [0, 0.1) is 0 Å². The minimum Gasteiger partial charge on any atom is -0.343 e. The van der Waals surface area contributed by atoms with Gasteiger partial charge in [0.05, 0.1) is 5.52 Å². The van der Waals surface area contributed by atoms with E-state index in [9.17, 15) is 0 Å². The summed E-state index contributed by atoms with van der Waals surface area (Å²) in [6, 6.07) is 20.3. The van der Waals surface area contributed by atoms with Crippen molar-refractivity contribution < 1.29 is 0 Å². The first-order valence-electron chi connectivity index (χ1n) is 8.47. The molecule has 24 heavy (non-hydrogen) atoms. The van der Waals surface area contributed by atoms with Gasteiger partial charge in [-0.15, -0.1) is 11.3 Å². The Morgan fingerprint density at radius 1 is 0.833 bits per heavy atom. The van der Waals surface area contributed by atoms with Gasteiger partial charge >= 0.3 is 0 Å². The second kappa shape index (κ2) is 4.84. The molecule has 0 saturated carbocycles. The Bertz CT molecular complexity index is 1240. The first-order chi connectivity index (χ1) is 11.6. The van der Waals surface area contributed by atoms with Gasteiger partial charge in [-0.2, -0.15) is 0 Å². The lowest BCUT2D eigenvalue weighted by atomic mass is 10.0. The number of hydrogen-bond acceptors (Lipinski definition) is 1. The molecule has 2 aromatic heterocycles. The lowest BCUT2D eigenvalue weighted by Gasteiger charge is -2.05. The summed E-state index contributed by atoms with van der Waals surface area (Å²) >= 11 is 1.89. The summed E-state index contributed by atoms with van der Waals surface area (Å²) in [5.74, 6) is 0.551. The molecule has 1 nitrogen and oxygen atoms in total. The normalized spacial score (nSPS) is 12.3. The van der Waals surface area contributed by atoms with E-state index < -0.39 is 0 Å². The van der Waals surface area contributed by atoms with Gasteiger partial charge < -0.3 is 4.57 Å². The number of aryl methyl sites for hydroxylation is 1. The molecule has 0 aliphatic carbocycles. The quantitative estimate of drug-likeness (QED) is 0.318. The smallest absolute Gasteiger partial charge is 0.0583 e. The Morgan fingerprint density at radius 2 is 1.67 bits per heavy atom. The van der Waals surface area contributed by atoms with Gasteiger partial charge in [0.25, 0.3) is 0 Å². The van der Waals surface area contributed by atoms with Crippen molar-refractivity contribution in [2.24, 2.45) is 7.05 Å². The maximum Gasteiger partial charge on any atom is 0.0583 e. The largest absolute Gasteiger partial charge is 0.343 e. The summed E-state index contributed by atoms with van der Waals surface area (Å²) in [6.45, 7) is 4.52. The predicted octanol–water partition coefficient (Wildman–Crippen LogP) is 6.82. The number of aromatic nitrogens is 1. The van der Waals surface area contributed by atoms with Gasteiger partial charge in [-0.1, -0.05) is 44.2 Å². The predicted molar refractivity (Wildman–Crippen MR) is 107 cm³/mol. The van der Waals surface area contributed by atoms with Crippen molar-refractivity contribution in [3.63, 3.8) is 0 Å². The van der Waals surface area contributed by atoms with Gasteiger partial charge in [-0.25, -0.2) is 0 Å². The molecular formula is C22H19NS. The van der Waals surface area contributed by atoms with Crippen LogP contribution in [0.4, 0.5) is 0 Å². The molecule has 0 saturated heterocycles. The van der Waals surface area contributed by atoms with Gasteiger partial charge in [-0.3, -0.25) is 0 Å². The van der Waals surface area contributed by atoms with Crippen LogP contribution in [0.5, 0.6) is 0 Å². The van der Waals surface area contributed by atoms with E-state index in [1.165, 1.54) is 47.5 Å². The molecule has 0 amide bonds. The topological polar surface area (TPSA) is 4.93 Å². The molecule has 5 rings (SSSR count). The number of benzene rings is 3. The lowest BCUT2D eigenvalue weighted by molar-refractivity contribution is 0.868. The molecular weight excluding hydrogens is 310 g/mol. The van der Waals surface area contributed by atoms with Gasteiger partial charge in [0.15, 0.2) is 0 Å². The molecule has 0 spiro atoms. The molecule has 0 radical (unpaired) electrons. The van der Waals surface area contributed by atoms with E-state index in [1.54, 1.807) is 0 Å². The summed E-state index contributed by atoms with van der Waals surface area (Å²) in [4.78, 5) is 0. The average molecular weight is 329 g/mol. The Morgan fingerprint density at radius 3 is 2.50 bits per heavy atom. The first kappa shape index (κ1) is 14.1. The van der Waals surface area contributed by atoms with Crippen LogP contribution in [-0.2, 0) is 7.05 Å². The number of hydrogen-bond donors (Lipinski definition) is 0. The minimum atomic E-state index is 0.551. The van der Waals surface area contributed by atoms with Crippen LogP contribution in [-0.4, -0.2) is 4.57 Å². The van der Waals surface area contributed by atoms with Gasteiger partial charge in [0, 0.05) is 43.5 Å². The lowest BCUT2D eigenvalue weighted by Crippen LogP contribution is -1.89. The molecule has 118 valence electrons. The van der Waals surface area contributed by atoms with Crippen LogP contribution in [0.25, 0.3) is 42.0 Å². The van der Waals surface area contributed by atoms with Crippen molar-refractivity contribution in [3.05, 3.63) is 60.2 Å². The van der Waals surface area contributed by atoms with Crippen LogP contribution in [0.2, 0.25) is 0 Å². The molecule has 0 aliphatic heterocycles. The Labute approximate surface area is 145 Å². The molecule has 0 bridgehead atoms. The fourth-order valence-electron chi connectivity index (χ4n) is 3.91. The summed E-state index contributed by atoms with van der Waals surface area (Å²) in [6.07, 6.45) is 0. The zero-order chi connectivity index (χ0) is 16.4. The van der Waals surface area contributed by atoms with Gasteiger partial charge in [-0.05, 0) is 35.7 Å². The SMILES string of the molecule is CC(C)c1ccc2c(c1)c1ccc3sc4ccccc4c3c1n2C. The highest BCUT2D eigenvalue weighted by Crippen LogP contribution is 2.41. The van der Waals surface area contributed by atoms with Crippen LogP contribution >= 0.6 is 11.3 Å². The van der Waals surface area contributed by atoms with Crippen molar-refractivity contribution >= 4 is 53.3 Å². The molecule has 0 atom stereocenters. The highest BCUT2D eigenvalue weighted by atomic mass is 32.1. The average Bonchev–Trinajstić information content (AvgIpc) is 3.10. The third kappa shape index (κ3) is 1.75. The van der Waals surface area contributed by atoms with E-state index in [4.69, 9.17) is 0 Å². The third-order valence-corrected chi connectivity index (χ3v) is 6.33. The molecule has 0 aliphatic rings. The van der Waals surface area contributed by atoms with E-state index in [0.717, 1.165) is 0 Å². The van der Waals surface area contributed by atoms with E-state index in [-0.39, 0.29) is 0 Å². The summed E-state index contributed by atoms with van der Waals surface area (Å²) in [5.41, 5.74) is 4.09. The fourth-order valence-corrected chi connectivity index (χ4v) is 5.01. The van der Waals surface area contributed by atoms with Crippen LogP contribution in [0.3, 0.4) is 0 Å². The molecule has 5 aromatic rings. The van der Waals surface area contributed by atoms with Crippen molar-refractivity contribution in [2.45, 2.75) is 19.8 Å². The molecule has 0 unspecified atom stereocenters. The Balaban J connectivity index is 2.04. The van der Waals surface area contributed by atoms with Crippen molar-refractivity contribution in [2.75, 3.05) is 0 Å². The molecule has 2 heterocycles. The third-order valence-electron chi connectivity index (χ3n) is 5.19. The minimum absolute atomic E-state index is 0.551. The van der Waals surface area contributed by atoms with Gasteiger partial charge in [0.1, 0.15) is 0 Å². The molecule has 0 fully saturated rings. The number of rotatable bonds is 1. The Kier molecular flexibility index (Phi) is 2.84. The van der Waals surface area contributed by atoms with Crippen LogP contribution in [0.1, 0.15) is 25.3 Å². The zero-order valence-corrected chi connectivity index (χ0v) is 14.9. The molecule has 0 N–H and O–H groups in total. The van der Waals surface area contributed by atoms with E-state index in [1.807, 2.05) is 11.3 Å². The van der Waals surface area contributed by atoms with E-state index in [0.29, 0.717) is 5.92 Å². The van der Waals surface area contributed by atoms with Crippen molar-refractivity contribution in [1.82, 2.24) is 4.57 Å². The van der Waals surface area contributed by atoms with Gasteiger partial charge in [0.2, 0.25) is 0 Å². The maximum atomic E-state index is 2.38. The van der Waals surface area contributed by atoms with Crippen molar-refractivity contribution in [1.29, 1.82) is 0 Å². The first-order valence-corrected chi connectivity index (χ1v) is 9.29. The number of fused-ring (bicyclic) bond motifs is 7. The summed E-state index contributed by atoms with van der Waals surface area (Å²) in [7, 11) is 2.20. The Hall–Kier alpha value is -2.32.